The van der Waals surface area contributed by atoms with E-state index in [9.17, 15) is 0 Å². The Hall–Kier alpha value is -2.47. The highest BCUT2D eigenvalue weighted by molar-refractivity contribution is 5.61. The Morgan fingerprint density at radius 1 is 1.30 bits per heavy atom. The number of nitrogens with zero attached hydrogens (tertiary/aromatic N) is 3. The lowest BCUT2D eigenvalue weighted by Crippen LogP contribution is -2.12. The molecule has 3 aromatic rings. The van der Waals surface area contributed by atoms with Gasteiger partial charge in [-0.1, -0.05) is 5.16 Å². The van der Waals surface area contributed by atoms with Crippen LogP contribution in [0.5, 0.6) is 0 Å². The summed E-state index contributed by atoms with van der Waals surface area (Å²) in [7, 11) is 0. The van der Waals surface area contributed by atoms with Gasteiger partial charge >= 0.3 is 0 Å². The Labute approximate surface area is 116 Å². The summed E-state index contributed by atoms with van der Waals surface area (Å²) >= 11 is 0. The molecule has 0 amide bonds. The van der Waals surface area contributed by atoms with Crippen molar-refractivity contribution in [3.63, 3.8) is 0 Å². The molecule has 3 aromatic heterocycles. The van der Waals surface area contributed by atoms with Crippen molar-refractivity contribution in [2.24, 2.45) is 0 Å². The Kier molecular flexibility index (Phi) is 3.56. The average Bonchev–Trinajstić information content (AvgIpc) is 3.09. The zero-order valence-corrected chi connectivity index (χ0v) is 11.1. The normalized spacial score (nSPS) is 10.8. The Morgan fingerprint density at radius 2 is 2.25 bits per heavy atom. The zero-order valence-electron chi connectivity index (χ0n) is 11.1. The number of hydrogen-bond donors (Lipinski definition) is 2. The van der Waals surface area contributed by atoms with Gasteiger partial charge in [-0.05, 0) is 19.1 Å². The summed E-state index contributed by atoms with van der Waals surface area (Å²) in [6, 6.07) is 5.83. The van der Waals surface area contributed by atoms with Crippen LogP contribution in [-0.4, -0.2) is 20.3 Å². The first-order chi connectivity index (χ1) is 9.83. The lowest BCUT2D eigenvalue weighted by atomic mass is 10.1. The van der Waals surface area contributed by atoms with E-state index < -0.39 is 0 Å². The second-order valence-corrected chi connectivity index (χ2v) is 4.55. The smallest absolute Gasteiger partial charge is 0.150 e. The number of rotatable bonds is 5. The van der Waals surface area contributed by atoms with Crippen molar-refractivity contribution in [2.45, 2.75) is 20.0 Å². The number of aromatic nitrogens is 4. The molecule has 0 aromatic carbocycles. The number of pyridine rings is 1. The van der Waals surface area contributed by atoms with Crippen LogP contribution >= 0.6 is 0 Å². The maximum absolute atomic E-state index is 5.15. The van der Waals surface area contributed by atoms with Crippen LogP contribution in [0.15, 0.2) is 41.3 Å². The SMILES string of the molecule is Cc1cc(CNCc2cn[nH]c2-c2cccnc2)on1. The van der Waals surface area contributed by atoms with Crippen molar-refractivity contribution < 1.29 is 4.52 Å². The van der Waals surface area contributed by atoms with Crippen molar-refractivity contribution in [3.8, 4) is 11.3 Å². The molecule has 0 saturated heterocycles. The van der Waals surface area contributed by atoms with Gasteiger partial charge in [-0.25, -0.2) is 0 Å². The number of hydrogen-bond acceptors (Lipinski definition) is 5. The maximum Gasteiger partial charge on any atom is 0.150 e. The van der Waals surface area contributed by atoms with Gasteiger partial charge in [0.2, 0.25) is 0 Å². The quantitative estimate of drug-likeness (QED) is 0.741. The second-order valence-electron chi connectivity index (χ2n) is 4.55. The van der Waals surface area contributed by atoms with Gasteiger partial charge in [0.1, 0.15) is 0 Å². The molecule has 2 N–H and O–H groups in total. The van der Waals surface area contributed by atoms with Gasteiger partial charge in [0.05, 0.1) is 24.1 Å². The third kappa shape index (κ3) is 2.75. The largest absolute Gasteiger partial charge is 0.360 e. The first kappa shape index (κ1) is 12.6. The van der Waals surface area contributed by atoms with E-state index in [2.05, 4.69) is 25.7 Å². The highest BCUT2D eigenvalue weighted by Crippen LogP contribution is 2.19. The standard InChI is InChI=1S/C14H15N5O/c1-10-5-13(20-19-10)9-16-7-12-8-17-18-14(12)11-3-2-4-15-6-11/h2-6,8,16H,7,9H2,1H3,(H,17,18). The molecule has 0 bridgehead atoms. The van der Waals surface area contributed by atoms with Crippen LogP contribution in [0.1, 0.15) is 17.0 Å². The van der Waals surface area contributed by atoms with Gasteiger partial charge < -0.3 is 9.84 Å². The van der Waals surface area contributed by atoms with Crippen LogP contribution in [0.4, 0.5) is 0 Å². The molecule has 0 fully saturated rings. The molecule has 0 saturated carbocycles. The summed E-state index contributed by atoms with van der Waals surface area (Å²) in [4.78, 5) is 4.12. The molecule has 3 rings (SSSR count). The summed E-state index contributed by atoms with van der Waals surface area (Å²) in [5, 5.41) is 14.3. The summed E-state index contributed by atoms with van der Waals surface area (Å²) in [5.41, 5.74) is 3.99. The Balaban J connectivity index is 1.65. The topological polar surface area (TPSA) is 79.6 Å². The molecule has 0 atom stereocenters. The predicted molar refractivity (Wildman–Crippen MR) is 73.6 cm³/mol. The van der Waals surface area contributed by atoms with Gasteiger partial charge in [-0.15, -0.1) is 0 Å². The van der Waals surface area contributed by atoms with Crippen LogP contribution in [0.3, 0.4) is 0 Å². The average molecular weight is 269 g/mol. The minimum Gasteiger partial charge on any atom is -0.360 e. The van der Waals surface area contributed by atoms with E-state index in [1.54, 1.807) is 6.20 Å². The highest BCUT2D eigenvalue weighted by atomic mass is 16.5. The number of aryl methyl sites for hydroxylation is 1. The van der Waals surface area contributed by atoms with Crippen molar-refractivity contribution >= 4 is 0 Å². The summed E-state index contributed by atoms with van der Waals surface area (Å²) in [5.74, 6) is 0.828. The molecule has 102 valence electrons. The molecule has 0 aliphatic heterocycles. The summed E-state index contributed by atoms with van der Waals surface area (Å²) in [6.45, 7) is 3.24. The predicted octanol–water partition coefficient (Wildman–Crippen LogP) is 2.06. The molecule has 6 nitrogen and oxygen atoms in total. The van der Waals surface area contributed by atoms with Crippen molar-refractivity contribution in [3.05, 3.63) is 53.8 Å². The third-order valence-corrected chi connectivity index (χ3v) is 2.96. The van der Waals surface area contributed by atoms with E-state index in [4.69, 9.17) is 4.52 Å². The fourth-order valence-corrected chi connectivity index (χ4v) is 2.03. The van der Waals surface area contributed by atoms with Crippen LogP contribution < -0.4 is 5.32 Å². The van der Waals surface area contributed by atoms with Gasteiger partial charge in [0.25, 0.3) is 0 Å². The second kappa shape index (κ2) is 5.66. The molecule has 3 heterocycles. The Bertz CT molecular complexity index is 674. The van der Waals surface area contributed by atoms with Crippen molar-refractivity contribution in [2.75, 3.05) is 0 Å². The Morgan fingerprint density at radius 3 is 3.00 bits per heavy atom. The van der Waals surface area contributed by atoms with E-state index in [0.717, 1.165) is 28.3 Å². The fourth-order valence-electron chi connectivity index (χ4n) is 2.03. The van der Waals surface area contributed by atoms with Gasteiger partial charge in [-0.3, -0.25) is 10.1 Å². The minimum absolute atomic E-state index is 0.637. The molecule has 0 aliphatic carbocycles. The molecule has 0 spiro atoms. The van der Waals surface area contributed by atoms with E-state index in [0.29, 0.717) is 13.1 Å². The molecular weight excluding hydrogens is 254 g/mol. The van der Waals surface area contributed by atoms with Crippen LogP contribution in [0, 0.1) is 6.92 Å². The monoisotopic (exact) mass is 269 g/mol. The minimum atomic E-state index is 0.637. The molecule has 0 unspecified atom stereocenters. The maximum atomic E-state index is 5.15. The fraction of sp³-hybridized carbons (Fsp3) is 0.214. The highest BCUT2D eigenvalue weighted by Gasteiger charge is 2.08. The third-order valence-electron chi connectivity index (χ3n) is 2.96. The molecular formula is C14H15N5O. The number of nitrogens with one attached hydrogen (secondary N) is 2. The van der Waals surface area contributed by atoms with Gasteiger partial charge in [0.15, 0.2) is 5.76 Å². The lowest BCUT2D eigenvalue weighted by Gasteiger charge is -2.03. The van der Waals surface area contributed by atoms with Gasteiger partial charge in [0, 0.05) is 36.1 Å². The number of aromatic amines is 1. The zero-order chi connectivity index (χ0) is 13.8. The molecule has 20 heavy (non-hydrogen) atoms. The summed E-state index contributed by atoms with van der Waals surface area (Å²) in [6.07, 6.45) is 5.39. The molecule has 6 heteroatoms. The van der Waals surface area contributed by atoms with Crippen LogP contribution in [0.25, 0.3) is 11.3 Å². The van der Waals surface area contributed by atoms with Crippen molar-refractivity contribution in [1.82, 2.24) is 25.7 Å². The van der Waals surface area contributed by atoms with E-state index in [-0.39, 0.29) is 0 Å². The first-order valence-electron chi connectivity index (χ1n) is 6.38. The van der Waals surface area contributed by atoms with E-state index in [1.165, 1.54) is 0 Å². The summed E-state index contributed by atoms with van der Waals surface area (Å²) < 4.78 is 5.15. The number of H-pyrrole nitrogens is 1. The van der Waals surface area contributed by atoms with Crippen LogP contribution in [0.2, 0.25) is 0 Å². The molecule has 0 radical (unpaired) electrons. The van der Waals surface area contributed by atoms with Crippen molar-refractivity contribution in [1.29, 1.82) is 0 Å². The lowest BCUT2D eigenvalue weighted by molar-refractivity contribution is 0.369. The van der Waals surface area contributed by atoms with E-state index in [1.807, 2.05) is 37.5 Å². The van der Waals surface area contributed by atoms with Gasteiger partial charge in [-0.2, -0.15) is 5.10 Å². The molecule has 0 aliphatic rings. The van der Waals surface area contributed by atoms with Crippen LogP contribution in [-0.2, 0) is 13.1 Å². The van der Waals surface area contributed by atoms with E-state index >= 15 is 0 Å². The first-order valence-corrected chi connectivity index (χ1v) is 6.38.